The van der Waals surface area contributed by atoms with Crippen LogP contribution in [0.3, 0.4) is 0 Å². The molecule has 0 spiro atoms. The van der Waals surface area contributed by atoms with Crippen LogP contribution in [0, 0.1) is 0 Å². The number of rotatable bonds is 11. The van der Waals surface area contributed by atoms with Crippen molar-refractivity contribution < 1.29 is 33.8 Å². The number of nitrogens with one attached hydrogen (secondary N) is 2. The fourth-order valence-corrected chi connectivity index (χ4v) is 3.55. The number of ether oxygens (including phenoxy) is 2. The van der Waals surface area contributed by atoms with Crippen LogP contribution in [0.2, 0.25) is 0 Å². The smallest absolute Gasteiger partial charge is 0.407 e. The van der Waals surface area contributed by atoms with E-state index in [1.165, 1.54) is 0 Å². The molecule has 1 aliphatic carbocycles. The number of hydrogen-bond donors (Lipinski definition) is 4. The minimum Gasteiger partial charge on any atom is -0.480 e. The molecule has 0 heterocycles. The molecule has 0 radical (unpaired) electrons. The van der Waals surface area contributed by atoms with Gasteiger partial charge in [-0.3, -0.25) is 14.4 Å². The van der Waals surface area contributed by atoms with Crippen LogP contribution in [-0.2, 0) is 23.9 Å². The van der Waals surface area contributed by atoms with Crippen molar-refractivity contribution in [3.05, 3.63) is 59.7 Å². The van der Waals surface area contributed by atoms with Crippen LogP contribution in [-0.4, -0.2) is 61.4 Å². The normalized spacial score (nSPS) is 12.9. The summed E-state index contributed by atoms with van der Waals surface area (Å²) in [5.41, 5.74) is 9.65. The zero-order valence-corrected chi connectivity index (χ0v) is 17.8. The Morgan fingerprint density at radius 1 is 0.970 bits per heavy atom. The van der Waals surface area contributed by atoms with Crippen molar-refractivity contribution in [3.63, 3.8) is 0 Å². The number of carbonyl (C=O) groups excluding carboxylic acids is 3. The number of ketones is 1. The number of amides is 2. The van der Waals surface area contributed by atoms with Gasteiger partial charge in [-0.15, -0.1) is 0 Å². The van der Waals surface area contributed by atoms with Crippen molar-refractivity contribution in [2.45, 2.75) is 18.4 Å². The highest BCUT2D eigenvalue weighted by Gasteiger charge is 2.29. The number of fused-ring (bicyclic) bond motifs is 3. The number of benzene rings is 2. The van der Waals surface area contributed by atoms with Crippen LogP contribution in [0.1, 0.15) is 23.5 Å². The Hall–Kier alpha value is -3.76. The van der Waals surface area contributed by atoms with Gasteiger partial charge in [0.15, 0.2) is 5.78 Å². The molecule has 0 saturated carbocycles. The average molecular weight is 455 g/mol. The largest absolute Gasteiger partial charge is 0.480 e. The van der Waals surface area contributed by atoms with Crippen molar-refractivity contribution in [1.29, 1.82) is 0 Å². The Labute approximate surface area is 190 Å². The van der Waals surface area contributed by atoms with Gasteiger partial charge in [-0.1, -0.05) is 48.5 Å². The second kappa shape index (κ2) is 11.2. The molecular weight excluding hydrogens is 430 g/mol. The molecule has 10 heteroatoms. The van der Waals surface area contributed by atoms with Gasteiger partial charge in [-0.25, -0.2) is 4.79 Å². The summed E-state index contributed by atoms with van der Waals surface area (Å²) in [6.45, 7) is -0.872. The lowest BCUT2D eigenvalue weighted by Gasteiger charge is -2.14. The molecule has 1 aliphatic rings. The summed E-state index contributed by atoms with van der Waals surface area (Å²) in [4.78, 5) is 45.9. The first-order valence-corrected chi connectivity index (χ1v) is 10.3. The maximum Gasteiger partial charge on any atom is 0.407 e. The van der Waals surface area contributed by atoms with E-state index in [1.54, 1.807) is 0 Å². The number of Topliss-reactive ketones (excluding diaryl/α,β-unsaturated/α-hetero) is 1. The third-order valence-corrected chi connectivity index (χ3v) is 5.14. The lowest BCUT2D eigenvalue weighted by Crippen LogP contribution is -2.39. The molecule has 174 valence electrons. The highest BCUT2D eigenvalue weighted by Crippen LogP contribution is 2.44. The third-order valence-electron chi connectivity index (χ3n) is 5.14. The van der Waals surface area contributed by atoms with E-state index < -0.39 is 29.8 Å². The van der Waals surface area contributed by atoms with Gasteiger partial charge in [0.2, 0.25) is 5.91 Å². The number of hydrogen-bond acceptors (Lipinski definition) is 7. The van der Waals surface area contributed by atoms with E-state index in [9.17, 15) is 19.2 Å². The Balaban J connectivity index is 1.36. The Kier molecular flexibility index (Phi) is 8.11. The Morgan fingerprint density at radius 3 is 2.18 bits per heavy atom. The fraction of sp³-hybridized carbons (Fsp3) is 0.304. The van der Waals surface area contributed by atoms with Gasteiger partial charge in [-0.05, 0) is 22.3 Å². The van der Waals surface area contributed by atoms with E-state index in [4.69, 9.17) is 20.3 Å². The summed E-state index contributed by atoms with van der Waals surface area (Å²) < 4.78 is 10.3. The first-order chi connectivity index (χ1) is 15.9. The van der Waals surface area contributed by atoms with E-state index in [-0.39, 0.29) is 38.8 Å². The summed E-state index contributed by atoms with van der Waals surface area (Å²) in [6.07, 6.45) is -1.10. The molecule has 0 bridgehead atoms. The molecule has 0 aliphatic heterocycles. The Bertz CT molecular complexity index is 995. The molecule has 0 saturated heterocycles. The van der Waals surface area contributed by atoms with Crippen molar-refractivity contribution >= 4 is 23.8 Å². The van der Waals surface area contributed by atoms with Gasteiger partial charge in [0.25, 0.3) is 0 Å². The molecule has 10 nitrogen and oxygen atoms in total. The number of aliphatic carboxylic acids is 1. The zero-order chi connectivity index (χ0) is 23.8. The first kappa shape index (κ1) is 23.9. The van der Waals surface area contributed by atoms with Crippen molar-refractivity contribution in [2.24, 2.45) is 5.73 Å². The van der Waals surface area contributed by atoms with Crippen molar-refractivity contribution in [2.75, 3.05) is 26.5 Å². The van der Waals surface area contributed by atoms with Crippen molar-refractivity contribution in [1.82, 2.24) is 10.6 Å². The van der Waals surface area contributed by atoms with Gasteiger partial charge < -0.3 is 30.9 Å². The number of carboxylic acids is 1. The molecule has 0 unspecified atom stereocenters. The summed E-state index contributed by atoms with van der Waals surface area (Å²) in [7, 11) is 0. The summed E-state index contributed by atoms with van der Waals surface area (Å²) in [5.74, 6) is -2.41. The number of carbonyl (C=O) groups is 4. The molecule has 0 fully saturated rings. The Morgan fingerprint density at radius 2 is 1.58 bits per heavy atom. The predicted octanol–water partition coefficient (Wildman–Crippen LogP) is 0.987. The zero-order valence-electron chi connectivity index (χ0n) is 17.8. The predicted molar refractivity (Wildman–Crippen MR) is 117 cm³/mol. The van der Waals surface area contributed by atoms with E-state index >= 15 is 0 Å². The molecule has 2 amide bonds. The van der Waals surface area contributed by atoms with E-state index in [0.29, 0.717) is 0 Å². The van der Waals surface area contributed by atoms with Gasteiger partial charge in [0, 0.05) is 12.3 Å². The van der Waals surface area contributed by atoms with Gasteiger partial charge in [0.1, 0.15) is 32.5 Å². The van der Waals surface area contributed by atoms with E-state index in [2.05, 4.69) is 10.6 Å². The summed E-state index contributed by atoms with van der Waals surface area (Å²) in [6, 6.07) is 14.6. The maximum atomic E-state index is 12.1. The molecule has 33 heavy (non-hydrogen) atoms. The van der Waals surface area contributed by atoms with Crippen LogP contribution in [0.5, 0.6) is 0 Å². The quantitative estimate of drug-likeness (QED) is 0.289. The SMILES string of the molecule is N[C@@H](CC(=O)COCNC(=O)CNC(=O)OCC1c2ccccc2-c2ccccc21)C(=O)O. The van der Waals surface area contributed by atoms with Gasteiger partial charge >= 0.3 is 12.1 Å². The van der Waals surface area contributed by atoms with Crippen LogP contribution < -0.4 is 16.4 Å². The minimum atomic E-state index is -1.29. The molecular formula is C23H25N3O7. The molecule has 5 N–H and O–H groups in total. The van der Waals surface area contributed by atoms with Crippen molar-refractivity contribution in [3.8, 4) is 11.1 Å². The standard InChI is InChI=1S/C23H25N3O7/c24-20(22(29)30)9-14(27)11-32-13-26-21(28)10-25-23(31)33-12-19-17-7-3-1-5-15(17)16-6-2-4-8-18(16)19/h1-8,19-20H,9-13,24H2,(H,25,31)(H,26,28)(H,29,30)/t20-/m0/s1. The maximum absolute atomic E-state index is 12.1. The fourth-order valence-electron chi connectivity index (χ4n) is 3.55. The summed E-state index contributed by atoms with van der Waals surface area (Å²) in [5, 5.41) is 13.4. The van der Waals surface area contributed by atoms with E-state index in [0.717, 1.165) is 22.3 Å². The first-order valence-electron chi connectivity index (χ1n) is 10.3. The average Bonchev–Trinajstić information content (AvgIpc) is 3.12. The molecule has 1 atom stereocenters. The highest BCUT2D eigenvalue weighted by molar-refractivity contribution is 5.86. The topological polar surface area (TPSA) is 157 Å². The van der Waals surface area contributed by atoms with Crippen LogP contribution in [0.4, 0.5) is 4.79 Å². The monoisotopic (exact) mass is 455 g/mol. The lowest BCUT2D eigenvalue weighted by atomic mass is 9.98. The number of nitrogens with two attached hydrogens (primary N) is 1. The van der Waals surface area contributed by atoms with Gasteiger partial charge in [-0.2, -0.15) is 0 Å². The molecule has 2 aromatic carbocycles. The summed E-state index contributed by atoms with van der Waals surface area (Å²) >= 11 is 0. The number of alkyl carbamates (subject to hydrolysis) is 1. The van der Waals surface area contributed by atoms with E-state index in [1.807, 2.05) is 48.5 Å². The van der Waals surface area contributed by atoms with Crippen LogP contribution in [0.25, 0.3) is 11.1 Å². The second-order valence-corrected chi connectivity index (χ2v) is 7.46. The molecule has 3 rings (SSSR count). The minimum absolute atomic E-state index is 0.0860. The molecule has 2 aromatic rings. The number of carboxylic acid groups (broad SMARTS) is 1. The second-order valence-electron chi connectivity index (χ2n) is 7.46. The lowest BCUT2D eigenvalue weighted by molar-refractivity contribution is -0.140. The highest BCUT2D eigenvalue weighted by atomic mass is 16.5. The third kappa shape index (κ3) is 6.37. The molecule has 0 aromatic heterocycles. The van der Waals surface area contributed by atoms with Crippen LogP contribution in [0.15, 0.2) is 48.5 Å². The van der Waals surface area contributed by atoms with Crippen LogP contribution >= 0.6 is 0 Å². The van der Waals surface area contributed by atoms with Gasteiger partial charge in [0.05, 0.1) is 0 Å².